The minimum Gasteiger partial charge on any atom is -0.497 e. The highest BCUT2D eigenvalue weighted by Gasteiger charge is 2.39. The van der Waals surface area contributed by atoms with Crippen LogP contribution < -0.4 is 14.8 Å². The van der Waals surface area contributed by atoms with Gasteiger partial charge < -0.3 is 14.2 Å². The molecule has 0 aromatic heterocycles. The molecule has 106 valence electrons. The molecule has 1 heterocycles. The number of ether oxygens (including phenoxy) is 3. The molecule has 0 amide bonds. The molecule has 1 aliphatic heterocycles. The maximum Gasteiger partial charge on any atom is 0.124 e. The van der Waals surface area contributed by atoms with Gasteiger partial charge in [0.25, 0.3) is 0 Å². The van der Waals surface area contributed by atoms with Crippen LogP contribution in [0.4, 0.5) is 0 Å². The number of morpholine rings is 1. The molecule has 0 aliphatic carbocycles. The Labute approximate surface area is 115 Å². The van der Waals surface area contributed by atoms with Crippen molar-refractivity contribution in [3.05, 3.63) is 23.8 Å². The van der Waals surface area contributed by atoms with E-state index in [1.807, 2.05) is 18.2 Å². The van der Waals surface area contributed by atoms with E-state index < -0.39 is 0 Å². The maximum atomic E-state index is 5.77. The van der Waals surface area contributed by atoms with Gasteiger partial charge in [-0.3, -0.25) is 5.32 Å². The summed E-state index contributed by atoms with van der Waals surface area (Å²) in [7, 11) is 3.35. The van der Waals surface area contributed by atoms with Crippen molar-refractivity contribution >= 4 is 0 Å². The molecule has 1 aromatic rings. The van der Waals surface area contributed by atoms with E-state index >= 15 is 0 Å². The van der Waals surface area contributed by atoms with E-state index in [-0.39, 0.29) is 11.1 Å². The molecular weight excluding hydrogens is 242 g/mol. The van der Waals surface area contributed by atoms with Gasteiger partial charge in [-0.05, 0) is 39.0 Å². The van der Waals surface area contributed by atoms with E-state index in [1.54, 1.807) is 14.2 Å². The third-order valence-electron chi connectivity index (χ3n) is 3.47. The minimum absolute atomic E-state index is 0.0684. The second kappa shape index (κ2) is 5.02. The van der Waals surface area contributed by atoms with Gasteiger partial charge in [0.1, 0.15) is 11.5 Å². The number of methoxy groups -OCH3 is 2. The Bertz CT molecular complexity index is 459. The fraction of sp³-hybridized carbons (Fsp3) is 0.600. The van der Waals surface area contributed by atoms with Crippen molar-refractivity contribution in [2.45, 2.75) is 31.8 Å². The number of benzene rings is 1. The average molecular weight is 265 g/mol. The Hall–Kier alpha value is -1.26. The summed E-state index contributed by atoms with van der Waals surface area (Å²) in [6, 6.07) is 5.85. The summed E-state index contributed by atoms with van der Waals surface area (Å²) >= 11 is 0. The summed E-state index contributed by atoms with van der Waals surface area (Å²) in [6.45, 7) is 7.72. The van der Waals surface area contributed by atoms with Crippen molar-refractivity contribution in [1.82, 2.24) is 5.32 Å². The largest absolute Gasteiger partial charge is 0.497 e. The van der Waals surface area contributed by atoms with E-state index in [2.05, 4.69) is 26.1 Å². The van der Waals surface area contributed by atoms with E-state index in [0.29, 0.717) is 13.2 Å². The lowest BCUT2D eigenvalue weighted by atomic mass is 9.86. The molecule has 1 atom stereocenters. The lowest BCUT2D eigenvalue weighted by molar-refractivity contribution is -0.0271. The summed E-state index contributed by atoms with van der Waals surface area (Å²) in [4.78, 5) is 0. The van der Waals surface area contributed by atoms with Gasteiger partial charge in [-0.15, -0.1) is 0 Å². The molecule has 0 spiro atoms. The summed E-state index contributed by atoms with van der Waals surface area (Å²) in [5, 5.41) is 3.65. The zero-order valence-corrected chi connectivity index (χ0v) is 12.4. The van der Waals surface area contributed by atoms with Crippen LogP contribution in [0.2, 0.25) is 0 Å². The van der Waals surface area contributed by atoms with Gasteiger partial charge in [-0.25, -0.2) is 0 Å². The molecule has 1 fully saturated rings. The van der Waals surface area contributed by atoms with Crippen molar-refractivity contribution < 1.29 is 14.2 Å². The third-order valence-corrected chi connectivity index (χ3v) is 3.47. The van der Waals surface area contributed by atoms with Crippen molar-refractivity contribution in [2.24, 2.45) is 0 Å². The lowest BCUT2D eigenvalue weighted by Crippen LogP contribution is -2.60. The van der Waals surface area contributed by atoms with Crippen molar-refractivity contribution in [3.8, 4) is 11.5 Å². The highest BCUT2D eigenvalue weighted by Crippen LogP contribution is 2.36. The van der Waals surface area contributed by atoms with Crippen LogP contribution in [-0.2, 0) is 10.3 Å². The predicted octanol–water partition coefficient (Wildman–Crippen LogP) is 2.32. The standard InChI is InChI=1S/C15H23NO3/c1-14(2)9-19-10-15(3,16-14)12-8-11(17-4)6-7-13(12)18-5/h6-8,16H,9-10H2,1-5H3. The first-order chi connectivity index (χ1) is 8.90. The molecule has 1 aliphatic rings. The topological polar surface area (TPSA) is 39.7 Å². The van der Waals surface area contributed by atoms with E-state index in [1.165, 1.54) is 0 Å². The molecule has 4 nitrogen and oxygen atoms in total. The molecular formula is C15H23NO3. The van der Waals surface area contributed by atoms with E-state index in [0.717, 1.165) is 17.1 Å². The Morgan fingerprint density at radius 2 is 1.84 bits per heavy atom. The van der Waals surface area contributed by atoms with Crippen LogP contribution in [0.1, 0.15) is 26.3 Å². The summed E-state index contributed by atoms with van der Waals surface area (Å²) < 4.78 is 16.6. The number of hydrogen-bond acceptors (Lipinski definition) is 4. The van der Waals surface area contributed by atoms with E-state index in [9.17, 15) is 0 Å². The summed E-state index contributed by atoms with van der Waals surface area (Å²) in [5.41, 5.74) is 0.699. The molecule has 0 saturated carbocycles. The molecule has 19 heavy (non-hydrogen) atoms. The molecule has 2 rings (SSSR count). The van der Waals surface area contributed by atoms with Crippen molar-refractivity contribution in [1.29, 1.82) is 0 Å². The maximum absolute atomic E-state index is 5.77. The minimum atomic E-state index is -0.290. The third kappa shape index (κ3) is 2.85. The molecule has 0 bridgehead atoms. The number of rotatable bonds is 3. The SMILES string of the molecule is COc1ccc(OC)c(C2(C)COCC(C)(C)N2)c1. The van der Waals surface area contributed by atoms with Crippen LogP contribution in [0.3, 0.4) is 0 Å². The molecule has 1 saturated heterocycles. The second-order valence-electron chi connectivity index (χ2n) is 5.90. The summed E-state index contributed by atoms with van der Waals surface area (Å²) in [6.07, 6.45) is 0. The van der Waals surface area contributed by atoms with Gasteiger partial charge in [-0.1, -0.05) is 0 Å². The average Bonchev–Trinajstić information content (AvgIpc) is 2.36. The zero-order valence-electron chi connectivity index (χ0n) is 12.4. The van der Waals surface area contributed by atoms with Gasteiger partial charge in [0, 0.05) is 11.1 Å². The van der Waals surface area contributed by atoms with Crippen LogP contribution >= 0.6 is 0 Å². The van der Waals surface area contributed by atoms with Crippen LogP contribution in [0.25, 0.3) is 0 Å². The van der Waals surface area contributed by atoms with Gasteiger partial charge in [0.05, 0.1) is 33.0 Å². The predicted molar refractivity (Wildman–Crippen MR) is 74.9 cm³/mol. The Kier molecular flexibility index (Phi) is 3.74. The van der Waals surface area contributed by atoms with Crippen LogP contribution in [-0.4, -0.2) is 33.0 Å². The quantitative estimate of drug-likeness (QED) is 0.910. The molecule has 1 unspecified atom stereocenters. The first-order valence-electron chi connectivity index (χ1n) is 6.50. The monoisotopic (exact) mass is 265 g/mol. The molecule has 1 N–H and O–H groups in total. The molecule has 1 aromatic carbocycles. The van der Waals surface area contributed by atoms with Gasteiger partial charge >= 0.3 is 0 Å². The lowest BCUT2D eigenvalue weighted by Gasteiger charge is -2.45. The normalized spacial score (nSPS) is 25.9. The van der Waals surface area contributed by atoms with Gasteiger partial charge in [0.15, 0.2) is 0 Å². The van der Waals surface area contributed by atoms with Crippen LogP contribution in [0.5, 0.6) is 11.5 Å². The smallest absolute Gasteiger partial charge is 0.124 e. The second-order valence-corrected chi connectivity index (χ2v) is 5.90. The summed E-state index contributed by atoms with van der Waals surface area (Å²) in [5.74, 6) is 1.67. The van der Waals surface area contributed by atoms with Crippen LogP contribution in [0, 0.1) is 0 Å². The number of nitrogens with one attached hydrogen (secondary N) is 1. The zero-order chi connectivity index (χ0) is 14.1. The van der Waals surface area contributed by atoms with Gasteiger partial charge in [-0.2, -0.15) is 0 Å². The molecule has 0 radical (unpaired) electrons. The van der Waals surface area contributed by atoms with Crippen molar-refractivity contribution in [2.75, 3.05) is 27.4 Å². The van der Waals surface area contributed by atoms with E-state index in [4.69, 9.17) is 14.2 Å². The Balaban J connectivity index is 2.43. The molecule has 4 heteroatoms. The first kappa shape index (κ1) is 14.2. The fourth-order valence-corrected chi connectivity index (χ4v) is 2.72. The van der Waals surface area contributed by atoms with Crippen molar-refractivity contribution in [3.63, 3.8) is 0 Å². The highest BCUT2D eigenvalue weighted by atomic mass is 16.5. The fourth-order valence-electron chi connectivity index (χ4n) is 2.72. The first-order valence-corrected chi connectivity index (χ1v) is 6.50. The highest BCUT2D eigenvalue weighted by molar-refractivity contribution is 5.45. The number of hydrogen-bond donors (Lipinski definition) is 1. The Morgan fingerprint density at radius 1 is 1.11 bits per heavy atom. The van der Waals surface area contributed by atoms with Gasteiger partial charge in [0.2, 0.25) is 0 Å². The Morgan fingerprint density at radius 3 is 2.42 bits per heavy atom. The van der Waals surface area contributed by atoms with Crippen LogP contribution in [0.15, 0.2) is 18.2 Å².